The van der Waals surface area contributed by atoms with Crippen molar-refractivity contribution in [2.45, 2.75) is 32.6 Å². The highest BCUT2D eigenvalue weighted by Gasteiger charge is 2.10. The molecule has 0 bridgehead atoms. The summed E-state index contributed by atoms with van der Waals surface area (Å²) < 4.78 is 11.3. The quantitative estimate of drug-likeness (QED) is 0.278. The lowest BCUT2D eigenvalue weighted by atomic mass is 10.2. The summed E-state index contributed by atoms with van der Waals surface area (Å²) in [6.07, 6.45) is 3.95. The van der Waals surface area contributed by atoms with E-state index in [1.165, 1.54) is 5.01 Å². The maximum absolute atomic E-state index is 5.97. The van der Waals surface area contributed by atoms with Crippen LogP contribution in [0.5, 0.6) is 11.5 Å². The molecule has 3 N–H and O–H groups in total. The summed E-state index contributed by atoms with van der Waals surface area (Å²) in [4.78, 5) is 8.85. The fourth-order valence-corrected chi connectivity index (χ4v) is 3.35. The second-order valence-corrected chi connectivity index (χ2v) is 6.89. The van der Waals surface area contributed by atoms with Gasteiger partial charge in [0.05, 0.1) is 18.2 Å². The molecule has 0 unspecified atom stereocenters. The van der Waals surface area contributed by atoms with Crippen molar-refractivity contribution >= 4 is 47.0 Å². The molecule has 0 amide bonds. The van der Waals surface area contributed by atoms with Crippen LogP contribution >= 0.6 is 35.3 Å². The zero-order valence-electron chi connectivity index (χ0n) is 14.9. The van der Waals surface area contributed by atoms with Crippen molar-refractivity contribution in [3.63, 3.8) is 0 Å². The van der Waals surface area contributed by atoms with E-state index in [1.54, 1.807) is 11.3 Å². The number of guanidine groups is 1. The molecule has 1 aliphatic rings. The normalized spacial score (nSPS) is 13.7. The van der Waals surface area contributed by atoms with Crippen LogP contribution in [0.15, 0.2) is 28.6 Å². The molecular formula is C18H25IN4O2S. The molecule has 3 rings (SSSR count). The van der Waals surface area contributed by atoms with Crippen LogP contribution in [-0.4, -0.2) is 30.7 Å². The molecule has 142 valence electrons. The number of aromatic nitrogens is 1. The SMILES string of the molecule is Cc1csc(CCCCN=C(N)Nc2ccc3c(c2)OCCCO3)n1.I. The van der Waals surface area contributed by atoms with E-state index in [0.29, 0.717) is 25.7 Å². The zero-order chi connectivity index (χ0) is 17.5. The molecule has 0 saturated carbocycles. The number of halogens is 1. The van der Waals surface area contributed by atoms with Crippen LogP contribution in [0.25, 0.3) is 0 Å². The summed E-state index contributed by atoms with van der Waals surface area (Å²) >= 11 is 1.72. The van der Waals surface area contributed by atoms with Gasteiger partial charge in [-0.15, -0.1) is 35.3 Å². The molecule has 0 saturated heterocycles. The van der Waals surface area contributed by atoms with Crippen molar-refractivity contribution in [3.05, 3.63) is 34.3 Å². The molecule has 0 radical (unpaired) electrons. The number of rotatable bonds is 6. The van der Waals surface area contributed by atoms with Crippen LogP contribution in [0.1, 0.15) is 30.0 Å². The van der Waals surface area contributed by atoms with Crippen LogP contribution in [-0.2, 0) is 6.42 Å². The maximum atomic E-state index is 5.97. The molecular weight excluding hydrogens is 463 g/mol. The number of thiazole rings is 1. The van der Waals surface area contributed by atoms with Crippen LogP contribution in [0.2, 0.25) is 0 Å². The first-order valence-corrected chi connectivity index (χ1v) is 9.46. The van der Waals surface area contributed by atoms with Gasteiger partial charge in [0.2, 0.25) is 0 Å². The third-order valence-electron chi connectivity index (χ3n) is 3.77. The van der Waals surface area contributed by atoms with E-state index in [4.69, 9.17) is 15.2 Å². The lowest BCUT2D eigenvalue weighted by Crippen LogP contribution is -2.22. The van der Waals surface area contributed by atoms with Gasteiger partial charge >= 0.3 is 0 Å². The Bertz CT molecular complexity index is 736. The van der Waals surface area contributed by atoms with E-state index in [-0.39, 0.29) is 24.0 Å². The van der Waals surface area contributed by atoms with Crippen LogP contribution in [0.4, 0.5) is 5.69 Å². The Morgan fingerprint density at radius 3 is 2.85 bits per heavy atom. The molecule has 0 atom stereocenters. The Kier molecular flexibility index (Phi) is 8.43. The minimum absolute atomic E-state index is 0. The molecule has 2 heterocycles. The van der Waals surface area contributed by atoms with Gasteiger partial charge in [0, 0.05) is 35.8 Å². The second kappa shape index (κ2) is 10.6. The number of nitrogens with two attached hydrogens (primary N) is 1. The number of aliphatic imine (C=N–C) groups is 1. The summed E-state index contributed by atoms with van der Waals surface area (Å²) in [6, 6.07) is 5.71. The van der Waals surface area contributed by atoms with E-state index in [9.17, 15) is 0 Å². The number of nitrogens with zero attached hydrogens (tertiary/aromatic N) is 2. The monoisotopic (exact) mass is 488 g/mol. The number of ether oxygens (including phenoxy) is 2. The van der Waals surface area contributed by atoms with Crippen LogP contribution in [0.3, 0.4) is 0 Å². The molecule has 6 nitrogen and oxygen atoms in total. The maximum Gasteiger partial charge on any atom is 0.193 e. The average molecular weight is 488 g/mol. The fraction of sp³-hybridized carbons (Fsp3) is 0.444. The van der Waals surface area contributed by atoms with E-state index < -0.39 is 0 Å². The molecule has 0 fully saturated rings. The second-order valence-electron chi connectivity index (χ2n) is 5.94. The van der Waals surface area contributed by atoms with Gasteiger partial charge in [-0.25, -0.2) is 4.98 Å². The minimum Gasteiger partial charge on any atom is -0.490 e. The van der Waals surface area contributed by atoms with E-state index in [1.807, 2.05) is 25.1 Å². The Labute approximate surface area is 175 Å². The topological polar surface area (TPSA) is 81.8 Å². The largest absolute Gasteiger partial charge is 0.490 e. The van der Waals surface area contributed by atoms with Gasteiger partial charge in [-0.3, -0.25) is 4.99 Å². The Morgan fingerprint density at radius 1 is 1.27 bits per heavy atom. The first kappa shape index (κ1) is 20.8. The third kappa shape index (κ3) is 6.31. The third-order valence-corrected chi connectivity index (χ3v) is 4.79. The van der Waals surface area contributed by atoms with Gasteiger partial charge in [-0.05, 0) is 38.3 Å². The van der Waals surface area contributed by atoms with E-state index in [0.717, 1.165) is 48.6 Å². The lowest BCUT2D eigenvalue weighted by Gasteiger charge is -2.10. The van der Waals surface area contributed by atoms with Gasteiger partial charge in [0.25, 0.3) is 0 Å². The zero-order valence-corrected chi connectivity index (χ0v) is 18.0. The van der Waals surface area contributed by atoms with Crippen molar-refractivity contribution in [1.82, 2.24) is 4.98 Å². The van der Waals surface area contributed by atoms with Gasteiger partial charge in [-0.2, -0.15) is 0 Å². The van der Waals surface area contributed by atoms with E-state index in [2.05, 4.69) is 20.7 Å². The van der Waals surface area contributed by atoms with Crippen LogP contribution in [0, 0.1) is 6.92 Å². The van der Waals surface area contributed by atoms with Gasteiger partial charge in [0.15, 0.2) is 17.5 Å². The summed E-state index contributed by atoms with van der Waals surface area (Å²) in [6.45, 7) is 4.08. The number of nitrogens with one attached hydrogen (secondary N) is 1. The number of aryl methyl sites for hydroxylation is 2. The predicted molar refractivity (Wildman–Crippen MR) is 117 cm³/mol. The van der Waals surface area contributed by atoms with Crippen molar-refractivity contribution in [2.75, 3.05) is 25.1 Å². The van der Waals surface area contributed by atoms with Crippen molar-refractivity contribution in [1.29, 1.82) is 0 Å². The van der Waals surface area contributed by atoms with Crippen molar-refractivity contribution in [3.8, 4) is 11.5 Å². The fourth-order valence-electron chi connectivity index (χ4n) is 2.53. The standard InChI is InChI=1S/C18H24N4O2S.HI/c1-13-12-25-17(21-13)5-2-3-8-20-18(19)22-14-6-7-15-16(11-14)24-10-4-9-23-15;/h6-7,11-12H,2-5,8-10H2,1H3,(H3,19,20,22);1H. The smallest absolute Gasteiger partial charge is 0.193 e. The first-order valence-electron chi connectivity index (χ1n) is 8.58. The lowest BCUT2D eigenvalue weighted by molar-refractivity contribution is 0.297. The van der Waals surface area contributed by atoms with Crippen LogP contribution < -0.4 is 20.5 Å². The molecule has 1 aliphatic heterocycles. The number of benzene rings is 1. The Morgan fingerprint density at radius 2 is 2.08 bits per heavy atom. The number of unbranched alkanes of at least 4 members (excludes halogenated alkanes) is 1. The van der Waals surface area contributed by atoms with Gasteiger partial charge in [0.1, 0.15) is 0 Å². The van der Waals surface area contributed by atoms with E-state index >= 15 is 0 Å². The summed E-state index contributed by atoms with van der Waals surface area (Å²) in [7, 11) is 0. The Balaban J connectivity index is 0.00000243. The summed E-state index contributed by atoms with van der Waals surface area (Å²) in [5.74, 6) is 1.93. The number of fused-ring (bicyclic) bond motifs is 1. The van der Waals surface area contributed by atoms with Crippen molar-refractivity contribution < 1.29 is 9.47 Å². The van der Waals surface area contributed by atoms with Gasteiger partial charge in [-0.1, -0.05) is 0 Å². The number of anilines is 1. The predicted octanol–water partition coefficient (Wildman–Crippen LogP) is 3.98. The summed E-state index contributed by atoms with van der Waals surface area (Å²) in [5, 5.41) is 6.39. The highest BCUT2D eigenvalue weighted by atomic mass is 127. The molecule has 8 heteroatoms. The molecule has 26 heavy (non-hydrogen) atoms. The molecule has 1 aromatic carbocycles. The number of hydrogen-bond acceptors (Lipinski definition) is 5. The highest BCUT2D eigenvalue weighted by Crippen LogP contribution is 2.32. The highest BCUT2D eigenvalue weighted by molar-refractivity contribution is 14.0. The number of hydrogen-bond donors (Lipinski definition) is 2. The van der Waals surface area contributed by atoms with Gasteiger partial charge < -0.3 is 20.5 Å². The summed E-state index contributed by atoms with van der Waals surface area (Å²) in [5.41, 5.74) is 7.92. The molecule has 0 spiro atoms. The van der Waals surface area contributed by atoms with Crippen molar-refractivity contribution in [2.24, 2.45) is 10.7 Å². The molecule has 2 aromatic rings. The molecule has 1 aromatic heterocycles. The molecule has 0 aliphatic carbocycles. The average Bonchev–Trinajstić information content (AvgIpc) is 2.87. The minimum atomic E-state index is 0. The Hall–Kier alpha value is -1.55. The first-order chi connectivity index (χ1) is 12.2.